The van der Waals surface area contributed by atoms with Crippen LogP contribution in [0.2, 0.25) is 5.02 Å². The summed E-state index contributed by atoms with van der Waals surface area (Å²) in [5.74, 6) is -1.19. The van der Waals surface area contributed by atoms with E-state index in [1.54, 1.807) is 0 Å². The standard InChI is InChI=1S/C15H16BrClF3NO/c16-9-5-11(15(18,19)20)14(12(17)6-9)10(7-13(21)22)8-3-1-2-4-8/h5-6,8,10H,1-4,7H2,(H2,21,22). The molecular formula is C15H16BrClF3NO. The first-order chi connectivity index (χ1) is 10.2. The molecule has 2 rings (SSSR count). The van der Waals surface area contributed by atoms with Gasteiger partial charge in [-0.3, -0.25) is 4.79 Å². The van der Waals surface area contributed by atoms with Gasteiger partial charge in [0.2, 0.25) is 5.91 Å². The molecule has 1 aliphatic rings. The van der Waals surface area contributed by atoms with Gasteiger partial charge >= 0.3 is 6.18 Å². The summed E-state index contributed by atoms with van der Waals surface area (Å²) >= 11 is 9.16. The Morgan fingerprint density at radius 3 is 2.45 bits per heavy atom. The number of primary amides is 1. The van der Waals surface area contributed by atoms with E-state index in [1.807, 2.05) is 0 Å². The smallest absolute Gasteiger partial charge is 0.370 e. The van der Waals surface area contributed by atoms with Crippen LogP contribution >= 0.6 is 27.5 Å². The number of rotatable bonds is 4. The van der Waals surface area contributed by atoms with E-state index in [-0.39, 0.29) is 27.4 Å². The van der Waals surface area contributed by atoms with E-state index >= 15 is 0 Å². The fourth-order valence-electron chi connectivity index (χ4n) is 3.28. The molecule has 0 aliphatic heterocycles. The van der Waals surface area contributed by atoms with Crippen LogP contribution in [0.1, 0.15) is 49.1 Å². The summed E-state index contributed by atoms with van der Waals surface area (Å²) in [6.45, 7) is 0. The van der Waals surface area contributed by atoms with Crippen LogP contribution in [0.4, 0.5) is 13.2 Å². The zero-order chi connectivity index (χ0) is 16.5. The second kappa shape index (κ2) is 6.79. The lowest BCUT2D eigenvalue weighted by Gasteiger charge is -2.27. The monoisotopic (exact) mass is 397 g/mol. The molecule has 7 heteroatoms. The van der Waals surface area contributed by atoms with E-state index in [1.165, 1.54) is 6.07 Å². The van der Waals surface area contributed by atoms with Gasteiger partial charge in [0, 0.05) is 15.9 Å². The van der Waals surface area contributed by atoms with E-state index in [0.29, 0.717) is 0 Å². The molecule has 1 amide bonds. The van der Waals surface area contributed by atoms with Crippen LogP contribution < -0.4 is 5.73 Å². The number of carbonyl (C=O) groups is 1. The molecule has 1 saturated carbocycles. The third-order valence-corrected chi connectivity index (χ3v) is 4.93. The molecule has 1 atom stereocenters. The molecule has 0 bridgehead atoms. The predicted molar refractivity (Wildman–Crippen MR) is 82.7 cm³/mol. The summed E-state index contributed by atoms with van der Waals surface area (Å²) in [5, 5.41) is 0.0276. The number of hydrogen-bond donors (Lipinski definition) is 1. The summed E-state index contributed by atoms with van der Waals surface area (Å²) in [4.78, 5) is 11.4. The number of carbonyl (C=O) groups excluding carboxylic acids is 1. The van der Waals surface area contributed by atoms with Crippen LogP contribution in [0.5, 0.6) is 0 Å². The second-order valence-corrected chi connectivity index (χ2v) is 6.99. The zero-order valence-electron chi connectivity index (χ0n) is 11.7. The molecule has 1 aromatic carbocycles. The molecule has 1 fully saturated rings. The van der Waals surface area contributed by atoms with Gasteiger partial charge < -0.3 is 5.73 Å². The number of hydrogen-bond acceptors (Lipinski definition) is 1. The van der Waals surface area contributed by atoms with Crippen molar-refractivity contribution in [1.82, 2.24) is 0 Å². The van der Waals surface area contributed by atoms with Gasteiger partial charge in [-0.25, -0.2) is 0 Å². The SMILES string of the molecule is NC(=O)CC(c1c(Cl)cc(Br)cc1C(F)(F)F)C1CCCC1. The van der Waals surface area contributed by atoms with Crippen molar-refractivity contribution in [3.8, 4) is 0 Å². The van der Waals surface area contributed by atoms with Gasteiger partial charge in [0.25, 0.3) is 0 Å². The molecule has 1 aliphatic carbocycles. The molecule has 22 heavy (non-hydrogen) atoms. The van der Waals surface area contributed by atoms with Crippen molar-refractivity contribution in [1.29, 1.82) is 0 Å². The maximum atomic E-state index is 13.4. The second-order valence-electron chi connectivity index (χ2n) is 5.67. The van der Waals surface area contributed by atoms with Gasteiger partial charge in [-0.2, -0.15) is 13.2 Å². The van der Waals surface area contributed by atoms with Crippen LogP contribution in [0.3, 0.4) is 0 Å². The number of alkyl halides is 3. The molecule has 0 spiro atoms. The summed E-state index contributed by atoms with van der Waals surface area (Å²) in [6, 6.07) is 2.46. The lowest BCUT2D eigenvalue weighted by molar-refractivity contribution is -0.138. The summed E-state index contributed by atoms with van der Waals surface area (Å²) in [5.41, 5.74) is 4.48. The van der Waals surface area contributed by atoms with E-state index in [0.717, 1.165) is 31.7 Å². The summed E-state index contributed by atoms with van der Waals surface area (Å²) < 4.78 is 40.5. The fraction of sp³-hybridized carbons (Fsp3) is 0.533. The minimum atomic E-state index is -4.53. The Kier molecular flexibility index (Phi) is 5.43. The van der Waals surface area contributed by atoms with Gasteiger partial charge in [-0.15, -0.1) is 0 Å². The predicted octanol–water partition coefficient (Wildman–Crippen LogP) is 5.27. The molecule has 2 N–H and O–H groups in total. The number of halogens is 5. The van der Waals surface area contributed by atoms with Gasteiger partial charge in [0.05, 0.1) is 5.56 Å². The van der Waals surface area contributed by atoms with Crippen LogP contribution in [-0.4, -0.2) is 5.91 Å². The van der Waals surface area contributed by atoms with E-state index in [9.17, 15) is 18.0 Å². The molecule has 2 nitrogen and oxygen atoms in total. The van der Waals surface area contributed by atoms with E-state index in [4.69, 9.17) is 17.3 Å². The van der Waals surface area contributed by atoms with E-state index < -0.39 is 23.6 Å². The van der Waals surface area contributed by atoms with Crippen LogP contribution in [0.25, 0.3) is 0 Å². The van der Waals surface area contributed by atoms with Crippen molar-refractivity contribution in [2.24, 2.45) is 11.7 Å². The van der Waals surface area contributed by atoms with Gasteiger partial charge in [0.1, 0.15) is 0 Å². The largest absolute Gasteiger partial charge is 0.416 e. The first-order valence-corrected chi connectivity index (χ1v) is 8.21. The Balaban J connectivity index is 2.56. The number of benzene rings is 1. The molecule has 0 saturated heterocycles. The highest BCUT2D eigenvalue weighted by Crippen LogP contribution is 2.47. The molecular weight excluding hydrogens is 383 g/mol. The Labute approximate surface area is 140 Å². The minimum absolute atomic E-state index is 0.00284. The number of amides is 1. The first-order valence-electron chi connectivity index (χ1n) is 7.04. The van der Waals surface area contributed by atoms with E-state index in [2.05, 4.69) is 15.9 Å². The van der Waals surface area contributed by atoms with Crippen molar-refractivity contribution >= 4 is 33.4 Å². The molecule has 0 heterocycles. The normalized spacial score (nSPS) is 17.7. The van der Waals surface area contributed by atoms with Crippen LogP contribution in [0, 0.1) is 5.92 Å². The van der Waals surface area contributed by atoms with Crippen molar-refractivity contribution < 1.29 is 18.0 Å². The quantitative estimate of drug-likeness (QED) is 0.737. The first kappa shape index (κ1) is 17.6. The molecule has 1 aromatic rings. The fourth-order valence-corrected chi connectivity index (χ4v) is 4.23. The number of nitrogens with two attached hydrogens (primary N) is 1. The lowest BCUT2D eigenvalue weighted by Crippen LogP contribution is -2.23. The highest BCUT2D eigenvalue weighted by atomic mass is 79.9. The Morgan fingerprint density at radius 1 is 1.36 bits per heavy atom. The van der Waals surface area contributed by atoms with Crippen molar-refractivity contribution in [2.45, 2.75) is 44.2 Å². The average molecular weight is 399 g/mol. The van der Waals surface area contributed by atoms with Gasteiger partial charge in [-0.1, -0.05) is 40.4 Å². The molecule has 0 radical (unpaired) electrons. The van der Waals surface area contributed by atoms with Crippen molar-refractivity contribution in [2.75, 3.05) is 0 Å². The molecule has 122 valence electrons. The van der Waals surface area contributed by atoms with Crippen molar-refractivity contribution in [3.05, 3.63) is 32.8 Å². The minimum Gasteiger partial charge on any atom is -0.370 e. The third-order valence-electron chi connectivity index (χ3n) is 4.16. The van der Waals surface area contributed by atoms with Gasteiger partial charge in [-0.05, 0) is 42.4 Å². The maximum absolute atomic E-state index is 13.4. The van der Waals surface area contributed by atoms with Crippen LogP contribution in [0.15, 0.2) is 16.6 Å². The summed E-state index contributed by atoms with van der Waals surface area (Å²) in [7, 11) is 0. The highest BCUT2D eigenvalue weighted by Gasteiger charge is 2.39. The molecule has 0 aromatic heterocycles. The van der Waals surface area contributed by atoms with Crippen LogP contribution in [-0.2, 0) is 11.0 Å². The Bertz CT molecular complexity index is 571. The Hall–Kier alpha value is -0.750. The van der Waals surface area contributed by atoms with Crippen molar-refractivity contribution in [3.63, 3.8) is 0 Å². The topological polar surface area (TPSA) is 43.1 Å². The molecule has 1 unspecified atom stereocenters. The Morgan fingerprint density at radius 2 is 1.95 bits per heavy atom. The maximum Gasteiger partial charge on any atom is 0.416 e. The van der Waals surface area contributed by atoms with Gasteiger partial charge in [0.15, 0.2) is 0 Å². The third kappa shape index (κ3) is 3.96. The lowest BCUT2D eigenvalue weighted by atomic mass is 9.80. The average Bonchev–Trinajstić information content (AvgIpc) is 2.88. The highest BCUT2D eigenvalue weighted by molar-refractivity contribution is 9.10. The summed E-state index contributed by atoms with van der Waals surface area (Å²) in [6.07, 6.45) is -1.15. The zero-order valence-corrected chi connectivity index (χ0v) is 14.1.